The summed E-state index contributed by atoms with van der Waals surface area (Å²) >= 11 is 0. The van der Waals surface area contributed by atoms with Crippen molar-refractivity contribution >= 4 is 23.0 Å². The molecule has 1 amide bonds. The zero-order valence-corrected chi connectivity index (χ0v) is 14.7. The summed E-state index contributed by atoms with van der Waals surface area (Å²) in [6.07, 6.45) is -0.0227. The minimum absolute atomic E-state index is 0.0227. The maximum atomic E-state index is 12.7. The summed E-state index contributed by atoms with van der Waals surface area (Å²) in [6, 6.07) is 12.4. The third kappa shape index (κ3) is 3.63. The molecule has 0 fully saturated rings. The summed E-state index contributed by atoms with van der Waals surface area (Å²) in [5, 5.41) is 2.95. The fraction of sp³-hybridized carbons (Fsp3) is 0.316. The van der Waals surface area contributed by atoms with E-state index in [-0.39, 0.29) is 18.1 Å². The summed E-state index contributed by atoms with van der Waals surface area (Å²) in [5.74, 6) is 1.38. The normalized spacial score (nSPS) is 17.2. The first kappa shape index (κ1) is 17.0. The lowest BCUT2D eigenvalue weighted by atomic mass is 10.1. The first-order chi connectivity index (χ1) is 12.0. The average molecular weight is 341 g/mol. The van der Waals surface area contributed by atoms with E-state index in [2.05, 4.69) is 5.32 Å². The summed E-state index contributed by atoms with van der Waals surface area (Å²) in [5.41, 5.74) is 8.10. The largest absolute Gasteiger partial charge is 0.497 e. The molecule has 132 valence electrons. The quantitative estimate of drug-likeness (QED) is 0.836. The Kier molecular flexibility index (Phi) is 4.70. The molecule has 0 aliphatic carbocycles. The van der Waals surface area contributed by atoms with Crippen LogP contribution < -0.4 is 25.4 Å². The zero-order chi connectivity index (χ0) is 18.0. The number of hydrogen-bond acceptors (Lipinski definition) is 5. The minimum atomic E-state index is -0.351. The standard InChI is InChI=1S/C19H23N3O3/c1-12-11-22(17-9-4-14(20)10-18(17)25-12)13(2)19(23)21-15-5-7-16(24-3)8-6-15/h4-10,12-13H,11,20H2,1-3H3,(H,21,23). The van der Waals surface area contributed by atoms with Crippen molar-refractivity contribution < 1.29 is 14.3 Å². The highest BCUT2D eigenvalue weighted by Crippen LogP contribution is 2.36. The van der Waals surface area contributed by atoms with Gasteiger partial charge in [-0.15, -0.1) is 0 Å². The highest BCUT2D eigenvalue weighted by atomic mass is 16.5. The zero-order valence-electron chi connectivity index (χ0n) is 14.7. The number of fused-ring (bicyclic) bond motifs is 1. The van der Waals surface area contributed by atoms with Crippen LogP contribution in [0.25, 0.3) is 0 Å². The van der Waals surface area contributed by atoms with E-state index < -0.39 is 0 Å². The Morgan fingerprint density at radius 3 is 2.72 bits per heavy atom. The van der Waals surface area contributed by atoms with Crippen molar-refractivity contribution in [1.82, 2.24) is 0 Å². The van der Waals surface area contributed by atoms with Crippen molar-refractivity contribution in [1.29, 1.82) is 0 Å². The average Bonchev–Trinajstić information content (AvgIpc) is 2.60. The monoisotopic (exact) mass is 341 g/mol. The van der Waals surface area contributed by atoms with Crippen molar-refractivity contribution in [3.05, 3.63) is 42.5 Å². The molecule has 3 rings (SSSR count). The van der Waals surface area contributed by atoms with Crippen LogP contribution in [0.15, 0.2) is 42.5 Å². The van der Waals surface area contributed by atoms with Gasteiger partial charge < -0.3 is 25.4 Å². The van der Waals surface area contributed by atoms with Gasteiger partial charge in [0.2, 0.25) is 5.91 Å². The van der Waals surface area contributed by atoms with Gasteiger partial charge in [0.05, 0.1) is 19.3 Å². The molecule has 6 nitrogen and oxygen atoms in total. The number of nitrogens with one attached hydrogen (secondary N) is 1. The Morgan fingerprint density at radius 1 is 1.32 bits per heavy atom. The highest BCUT2D eigenvalue weighted by molar-refractivity contribution is 5.97. The first-order valence-corrected chi connectivity index (χ1v) is 8.25. The molecule has 1 heterocycles. The van der Waals surface area contributed by atoms with Gasteiger partial charge in [0, 0.05) is 17.4 Å². The molecule has 0 radical (unpaired) electrons. The third-order valence-electron chi connectivity index (χ3n) is 4.28. The Labute approximate surface area is 147 Å². The smallest absolute Gasteiger partial charge is 0.246 e. The second-order valence-electron chi connectivity index (χ2n) is 6.20. The van der Waals surface area contributed by atoms with E-state index in [1.54, 1.807) is 13.2 Å². The summed E-state index contributed by atoms with van der Waals surface area (Å²) in [6.45, 7) is 4.50. The maximum Gasteiger partial charge on any atom is 0.246 e. The molecule has 0 saturated carbocycles. The van der Waals surface area contributed by atoms with Crippen LogP contribution in [0.1, 0.15) is 13.8 Å². The highest BCUT2D eigenvalue weighted by Gasteiger charge is 2.30. The van der Waals surface area contributed by atoms with Gasteiger partial charge in [0.1, 0.15) is 23.6 Å². The number of methoxy groups -OCH3 is 1. The van der Waals surface area contributed by atoms with Crippen LogP contribution in [0, 0.1) is 0 Å². The summed E-state index contributed by atoms with van der Waals surface area (Å²) < 4.78 is 11.0. The number of nitrogen functional groups attached to an aromatic ring is 1. The summed E-state index contributed by atoms with van der Waals surface area (Å²) in [7, 11) is 1.61. The predicted octanol–water partition coefficient (Wildman–Crippen LogP) is 2.89. The van der Waals surface area contributed by atoms with Crippen molar-refractivity contribution in [3.63, 3.8) is 0 Å². The number of carbonyl (C=O) groups excluding carboxylic acids is 1. The maximum absolute atomic E-state index is 12.7. The summed E-state index contributed by atoms with van der Waals surface area (Å²) in [4.78, 5) is 14.7. The van der Waals surface area contributed by atoms with Crippen molar-refractivity contribution in [2.24, 2.45) is 0 Å². The molecule has 2 aromatic carbocycles. The Hall–Kier alpha value is -2.89. The number of ether oxygens (including phenoxy) is 2. The van der Waals surface area contributed by atoms with Crippen LogP contribution in [0.3, 0.4) is 0 Å². The van der Waals surface area contributed by atoms with Crippen LogP contribution in [-0.2, 0) is 4.79 Å². The van der Waals surface area contributed by atoms with Gasteiger partial charge in [-0.25, -0.2) is 0 Å². The number of nitrogens with zero attached hydrogens (tertiary/aromatic N) is 1. The van der Waals surface area contributed by atoms with Crippen LogP contribution in [0.4, 0.5) is 17.1 Å². The van der Waals surface area contributed by atoms with E-state index in [1.165, 1.54) is 0 Å². The van der Waals surface area contributed by atoms with Crippen LogP contribution in [0.5, 0.6) is 11.5 Å². The third-order valence-corrected chi connectivity index (χ3v) is 4.28. The lowest BCUT2D eigenvalue weighted by molar-refractivity contribution is -0.117. The lowest BCUT2D eigenvalue weighted by Gasteiger charge is -2.38. The number of anilines is 3. The van der Waals surface area contributed by atoms with Gasteiger partial charge >= 0.3 is 0 Å². The number of nitrogens with two attached hydrogens (primary N) is 1. The molecule has 2 unspecified atom stereocenters. The molecule has 0 spiro atoms. The van der Waals surface area contributed by atoms with E-state index in [0.29, 0.717) is 18.0 Å². The van der Waals surface area contributed by atoms with Crippen LogP contribution >= 0.6 is 0 Å². The second kappa shape index (κ2) is 6.93. The molecular weight excluding hydrogens is 318 g/mol. The van der Waals surface area contributed by atoms with Crippen LogP contribution in [-0.4, -0.2) is 31.7 Å². The fourth-order valence-electron chi connectivity index (χ4n) is 2.92. The molecule has 0 bridgehead atoms. The van der Waals surface area contributed by atoms with Crippen molar-refractivity contribution in [2.75, 3.05) is 29.6 Å². The number of carbonyl (C=O) groups is 1. The molecule has 2 aromatic rings. The Morgan fingerprint density at radius 2 is 2.04 bits per heavy atom. The van der Waals surface area contributed by atoms with Gasteiger partial charge in [0.25, 0.3) is 0 Å². The molecule has 25 heavy (non-hydrogen) atoms. The van der Waals surface area contributed by atoms with Gasteiger partial charge in [-0.2, -0.15) is 0 Å². The molecule has 0 aromatic heterocycles. The van der Waals surface area contributed by atoms with Crippen molar-refractivity contribution in [3.8, 4) is 11.5 Å². The Balaban J connectivity index is 1.77. The van der Waals surface area contributed by atoms with Gasteiger partial charge in [0.15, 0.2) is 0 Å². The number of amides is 1. The van der Waals surface area contributed by atoms with Gasteiger partial charge in [-0.3, -0.25) is 4.79 Å². The van der Waals surface area contributed by atoms with E-state index in [9.17, 15) is 4.79 Å². The van der Waals surface area contributed by atoms with E-state index >= 15 is 0 Å². The SMILES string of the molecule is COc1ccc(NC(=O)C(C)N2CC(C)Oc3cc(N)ccc32)cc1. The minimum Gasteiger partial charge on any atom is -0.497 e. The predicted molar refractivity (Wildman–Crippen MR) is 99.4 cm³/mol. The molecule has 1 aliphatic rings. The van der Waals surface area contributed by atoms with Gasteiger partial charge in [-0.05, 0) is 50.2 Å². The fourth-order valence-corrected chi connectivity index (χ4v) is 2.92. The van der Waals surface area contributed by atoms with E-state index in [4.69, 9.17) is 15.2 Å². The molecule has 3 N–H and O–H groups in total. The number of rotatable bonds is 4. The molecular formula is C19H23N3O3. The first-order valence-electron chi connectivity index (χ1n) is 8.25. The molecule has 6 heteroatoms. The van der Waals surface area contributed by atoms with E-state index in [1.807, 2.05) is 55.1 Å². The van der Waals surface area contributed by atoms with E-state index in [0.717, 1.165) is 17.1 Å². The molecule has 0 saturated heterocycles. The topological polar surface area (TPSA) is 76.8 Å². The van der Waals surface area contributed by atoms with Gasteiger partial charge in [-0.1, -0.05) is 0 Å². The molecule has 2 atom stereocenters. The Bertz CT molecular complexity index is 761. The number of benzene rings is 2. The lowest BCUT2D eigenvalue weighted by Crippen LogP contribution is -2.48. The second-order valence-corrected chi connectivity index (χ2v) is 6.20. The van der Waals surface area contributed by atoms with Crippen LogP contribution in [0.2, 0.25) is 0 Å². The van der Waals surface area contributed by atoms with Crippen molar-refractivity contribution in [2.45, 2.75) is 26.0 Å². The molecule has 1 aliphatic heterocycles. The number of hydrogen-bond donors (Lipinski definition) is 2.